The van der Waals surface area contributed by atoms with E-state index in [1.54, 1.807) is 12.1 Å². The van der Waals surface area contributed by atoms with Crippen LogP contribution in [0.2, 0.25) is 5.02 Å². The molecule has 2 aromatic heterocycles. The minimum Gasteiger partial charge on any atom is -0.460 e. The minimum atomic E-state index is -0.546. The molecule has 0 saturated carbocycles. The van der Waals surface area contributed by atoms with Gasteiger partial charge in [0, 0.05) is 11.8 Å². The van der Waals surface area contributed by atoms with E-state index in [0.717, 1.165) is 5.76 Å². The van der Waals surface area contributed by atoms with Gasteiger partial charge >= 0.3 is 0 Å². The van der Waals surface area contributed by atoms with Gasteiger partial charge in [0.25, 0.3) is 5.91 Å². The monoisotopic (exact) mass is 319 g/mol. The van der Waals surface area contributed by atoms with Crippen LogP contribution in [0.15, 0.2) is 40.8 Å². The first-order valence-corrected chi connectivity index (χ1v) is 6.79. The number of hydrogen-bond acceptors (Lipinski definition) is 3. The van der Waals surface area contributed by atoms with E-state index in [9.17, 15) is 9.18 Å². The van der Waals surface area contributed by atoms with Crippen LogP contribution in [-0.2, 0) is 0 Å². The molecule has 0 aliphatic rings. The molecule has 0 fully saturated rings. The summed E-state index contributed by atoms with van der Waals surface area (Å²) in [5.74, 6) is 0.369. The predicted octanol–water partition coefficient (Wildman–Crippen LogP) is 4.02. The van der Waals surface area contributed by atoms with E-state index >= 15 is 0 Å². The fraction of sp³-hybridized carbons (Fsp3) is 0.0667. The Morgan fingerprint density at radius 2 is 2.14 bits per heavy atom. The Morgan fingerprint density at radius 3 is 2.82 bits per heavy atom. The summed E-state index contributed by atoms with van der Waals surface area (Å²) in [6.07, 6.45) is 0. The molecular weight excluding hydrogens is 309 g/mol. The highest BCUT2D eigenvalue weighted by Gasteiger charge is 2.14. The highest BCUT2D eigenvalue weighted by atomic mass is 35.5. The van der Waals surface area contributed by atoms with E-state index in [0.29, 0.717) is 17.1 Å². The summed E-state index contributed by atoms with van der Waals surface area (Å²) in [6.45, 7) is 1.83. The molecule has 0 saturated heterocycles. The van der Waals surface area contributed by atoms with Crippen molar-refractivity contribution in [1.29, 1.82) is 0 Å². The number of furan rings is 1. The first-order chi connectivity index (χ1) is 10.5. The van der Waals surface area contributed by atoms with Gasteiger partial charge in [0.05, 0.1) is 5.02 Å². The standard InChI is InChI=1S/C15H11ClFN3O2/c1-8-2-5-14(22-8)12-7-13(20-19-12)15(21)18-9-3-4-11(17)10(16)6-9/h2-7H,1H3,(H,18,21)(H,19,20). The molecule has 2 N–H and O–H groups in total. The summed E-state index contributed by atoms with van der Waals surface area (Å²) in [7, 11) is 0. The molecule has 0 aliphatic carbocycles. The second kappa shape index (κ2) is 5.65. The normalized spacial score (nSPS) is 10.7. The molecule has 0 bridgehead atoms. The number of halogens is 2. The van der Waals surface area contributed by atoms with Crippen LogP contribution in [0, 0.1) is 12.7 Å². The molecule has 2 heterocycles. The molecule has 0 unspecified atom stereocenters. The number of nitrogens with one attached hydrogen (secondary N) is 2. The molecule has 0 radical (unpaired) electrons. The van der Waals surface area contributed by atoms with Gasteiger partial charge in [-0.05, 0) is 37.3 Å². The van der Waals surface area contributed by atoms with Gasteiger partial charge in [-0.15, -0.1) is 0 Å². The third-order valence-electron chi connectivity index (χ3n) is 2.99. The van der Waals surface area contributed by atoms with Gasteiger partial charge in [-0.1, -0.05) is 11.6 Å². The van der Waals surface area contributed by atoms with Crippen molar-refractivity contribution >= 4 is 23.2 Å². The quantitative estimate of drug-likeness (QED) is 0.766. The molecule has 7 heteroatoms. The summed E-state index contributed by atoms with van der Waals surface area (Å²) < 4.78 is 18.5. The van der Waals surface area contributed by atoms with Gasteiger partial charge in [0.15, 0.2) is 11.5 Å². The third-order valence-corrected chi connectivity index (χ3v) is 3.28. The van der Waals surface area contributed by atoms with Crippen LogP contribution in [0.1, 0.15) is 16.2 Å². The van der Waals surface area contributed by atoms with E-state index < -0.39 is 11.7 Å². The zero-order valence-electron chi connectivity index (χ0n) is 11.5. The van der Waals surface area contributed by atoms with Crippen molar-refractivity contribution in [1.82, 2.24) is 10.2 Å². The lowest BCUT2D eigenvalue weighted by molar-refractivity contribution is 0.102. The minimum absolute atomic E-state index is 0.0634. The second-order valence-electron chi connectivity index (χ2n) is 4.66. The lowest BCUT2D eigenvalue weighted by Gasteiger charge is -2.03. The van der Waals surface area contributed by atoms with Gasteiger partial charge in [-0.25, -0.2) is 4.39 Å². The first-order valence-electron chi connectivity index (χ1n) is 6.41. The fourth-order valence-corrected chi connectivity index (χ4v) is 2.09. The number of H-pyrrole nitrogens is 1. The van der Waals surface area contributed by atoms with E-state index in [2.05, 4.69) is 15.5 Å². The molecule has 0 spiro atoms. The number of hydrogen-bond donors (Lipinski definition) is 2. The molecule has 3 rings (SSSR count). The summed E-state index contributed by atoms with van der Waals surface area (Å²) in [5, 5.41) is 9.20. The van der Waals surface area contributed by atoms with Crippen LogP contribution in [-0.4, -0.2) is 16.1 Å². The van der Waals surface area contributed by atoms with Crippen LogP contribution >= 0.6 is 11.6 Å². The zero-order chi connectivity index (χ0) is 15.7. The smallest absolute Gasteiger partial charge is 0.276 e. The molecule has 1 amide bonds. The Kier molecular flexibility index (Phi) is 3.68. The van der Waals surface area contributed by atoms with Crippen molar-refractivity contribution in [3.63, 3.8) is 0 Å². The fourth-order valence-electron chi connectivity index (χ4n) is 1.91. The Morgan fingerprint density at radius 1 is 1.32 bits per heavy atom. The number of carbonyl (C=O) groups is 1. The molecule has 112 valence electrons. The number of rotatable bonds is 3. The van der Waals surface area contributed by atoms with Crippen molar-refractivity contribution < 1.29 is 13.6 Å². The topological polar surface area (TPSA) is 70.9 Å². The number of anilines is 1. The molecule has 0 aliphatic heterocycles. The first kappa shape index (κ1) is 14.3. The molecular formula is C15H11ClFN3O2. The number of carbonyl (C=O) groups excluding carboxylic acids is 1. The predicted molar refractivity (Wildman–Crippen MR) is 80.4 cm³/mol. The van der Waals surface area contributed by atoms with E-state index in [1.807, 2.05) is 13.0 Å². The average molecular weight is 320 g/mol. The van der Waals surface area contributed by atoms with Crippen LogP contribution in [0.3, 0.4) is 0 Å². The van der Waals surface area contributed by atoms with Gasteiger partial charge in [0.2, 0.25) is 0 Å². The number of aromatic amines is 1. The highest BCUT2D eigenvalue weighted by molar-refractivity contribution is 6.31. The summed E-state index contributed by atoms with van der Waals surface area (Å²) >= 11 is 5.67. The number of aryl methyl sites for hydroxylation is 1. The van der Waals surface area contributed by atoms with Gasteiger partial charge in [-0.3, -0.25) is 9.89 Å². The SMILES string of the molecule is Cc1ccc(-c2cc(C(=O)Nc3ccc(F)c(Cl)c3)n[nH]2)o1. The van der Waals surface area contributed by atoms with Crippen molar-refractivity contribution in [3.05, 3.63) is 58.7 Å². The van der Waals surface area contributed by atoms with Gasteiger partial charge in [0.1, 0.15) is 17.3 Å². The summed E-state index contributed by atoms with van der Waals surface area (Å²) in [4.78, 5) is 12.1. The lowest BCUT2D eigenvalue weighted by Crippen LogP contribution is -2.12. The van der Waals surface area contributed by atoms with Crippen molar-refractivity contribution in [2.45, 2.75) is 6.92 Å². The zero-order valence-corrected chi connectivity index (χ0v) is 12.2. The Labute approximate surface area is 130 Å². The largest absolute Gasteiger partial charge is 0.460 e. The van der Waals surface area contributed by atoms with Crippen LogP contribution in [0.25, 0.3) is 11.5 Å². The molecule has 22 heavy (non-hydrogen) atoms. The lowest BCUT2D eigenvalue weighted by atomic mass is 10.2. The second-order valence-corrected chi connectivity index (χ2v) is 5.07. The Balaban J connectivity index is 1.78. The van der Waals surface area contributed by atoms with Crippen molar-refractivity contribution in [2.24, 2.45) is 0 Å². The molecule has 1 aromatic carbocycles. The maximum absolute atomic E-state index is 13.1. The van der Waals surface area contributed by atoms with Crippen LogP contribution in [0.4, 0.5) is 10.1 Å². The van der Waals surface area contributed by atoms with Gasteiger partial charge < -0.3 is 9.73 Å². The number of aromatic nitrogens is 2. The van der Waals surface area contributed by atoms with Crippen LogP contribution < -0.4 is 5.32 Å². The molecule has 5 nitrogen and oxygen atoms in total. The Bertz CT molecular complexity index is 841. The van der Waals surface area contributed by atoms with E-state index in [-0.39, 0.29) is 10.7 Å². The van der Waals surface area contributed by atoms with E-state index in [4.69, 9.17) is 16.0 Å². The highest BCUT2D eigenvalue weighted by Crippen LogP contribution is 2.22. The molecule has 3 aromatic rings. The number of amides is 1. The maximum atomic E-state index is 13.1. The average Bonchev–Trinajstić information content (AvgIpc) is 3.11. The molecule has 0 atom stereocenters. The van der Waals surface area contributed by atoms with Crippen molar-refractivity contribution in [3.8, 4) is 11.5 Å². The third kappa shape index (κ3) is 2.87. The number of benzene rings is 1. The van der Waals surface area contributed by atoms with E-state index in [1.165, 1.54) is 18.2 Å². The van der Waals surface area contributed by atoms with Gasteiger partial charge in [-0.2, -0.15) is 5.10 Å². The van der Waals surface area contributed by atoms with Crippen LogP contribution in [0.5, 0.6) is 0 Å². The number of nitrogens with zero attached hydrogens (tertiary/aromatic N) is 1. The Hall–Kier alpha value is -2.60. The maximum Gasteiger partial charge on any atom is 0.276 e. The van der Waals surface area contributed by atoms with Crippen molar-refractivity contribution in [2.75, 3.05) is 5.32 Å². The summed E-state index contributed by atoms with van der Waals surface area (Å²) in [5.41, 5.74) is 1.16. The summed E-state index contributed by atoms with van der Waals surface area (Å²) in [6, 6.07) is 9.10.